The molecule has 3 heteroatoms. The van der Waals surface area contributed by atoms with Crippen LogP contribution in [0.5, 0.6) is 0 Å². The molecule has 1 aromatic carbocycles. The first-order valence-electron chi connectivity index (χ1n) is 4.36. The maximum absolute atomic E-state index is 5.55. The number of nitrogens with two attached hydrogens (primary N) is 1. The fraction of sp³-hybridized carbons (Fsp3) is 0.182. The van der Waals surface area contributed by atoms with E-state index in [1.165, 1.54) is 0 Å². The van der Waals surface area contributed by atoms with Gasteiger partial charge in [0.05, 0.1) is 0 Å². The molecule has 1 aromatic rings. The van der Waals surface area contributed by atoms with E-state index in [1.807, 2.05) is 36.4 Å². The second kappa shape index (κ2) is 5.78. The minimum absolute atomic E-state index is 0.432. The van der Waals surface area contributed by atoms with E-state index in [9.17, 15) is 0 Å². The first kappa shape index (κ1) is 11.2. The molecule has 0 bridgehead atoms. The van der Waals surface area contributed by atoms with Gasteiger partial charge in [-0.1, -0.05) is 48.6 Å². The topological polar surface area (TPSA) is 26.0 Å². The third-order valence-corrected chi connectivity index (χ3v) is 2.24. The molecule has 0 spiro atoms. The normalized spacial score (nSPS) is 10.6. The van der Waals surface area contributed by atoms with Crippen LogP contribution in [0, 0.1) is 0 Å². The highest BCUT2D eigenvalue weighted by Crippen LogP contribution is 2.06. The number of alkyl halides is 1. The molecule has 2 N–H and O–H groups in total. The van der Waals surface area contributed by atoms with Crippen LogP contribution in [0.1, 0.15) is 17.5 Å². The summed E-state index contributed by atoms with van der Waals surface area (Å²) >= 11 is 10.4. The van der Waals surface area contributed by atoms with Gasteiger partial charge in [-0.25, -0.2) is 0 Å². The largest absolute Gasteiger partial charge is 0.389 e. The SMILES string of the molecule is NC(=S)c1ccc(C=CCCCl)cc1. The average Bonchev–Trinajstić information content (AvgIpc) is 2.19. The van der Waals surface area contributed by atoms with Crippen molar-refractivity contribution in [3.63, 3.8) is 0 Å². The van der Waals surface area contributed by atoms with Crippen molar-refractivity contribution in [1.82, 2.24) is 0 Å². The molecule has 0 saturated heterocycles. The van der Waals surface area contributed by atoms with E-state index >= 15 is 0 Å². The summed E-state index contributed by atoms with van der Waals surface area (Å²) in [6.45, 7) is 0. The summed E-state index contributed by atoms with van der Waals surface area (Å²) in [5.41, 5.74) is 7.51. The van der Waals surface area contributed by atoms with Gasteiger partial charge in [0.15, 0.2) is 0 Å². The van der Waals surface area contributed by atoms with Crippen LogP contribution < -0.4 is 5.73 Å². The molecule has 0 aliphatic carbocycles. The number of rotatable bonds is 4. The van der Waals surface area contributed by atoms with Crippen LogP contribution in [0.2, 0.25) is 0 Å². The van der Waals surface area contributed by atoms with Gasteiger partial charge in [0, 0.05) is 11.4 Å². The van der Waals surface area contributed by atoms with Gasteiger partial charge in [-0.05, 0) is 12.0 Å². The predicted molar refractivity (Wildman–Crippen MR) is 66.7 cm³/mol. The Hall–Kier alpha value is -0.860. The van der Waals surface area contributed by atoms with Crippen molar-refractivity contribution in [2.75, 3.05) is 5.88 Å². The summed E-state index contributed by atoms with van der Waals surface area (Å²) < 4.78 is 0. The first-order valence-corrected chi connectivity index (χ1v) is 5.30. The van der Waals surface area contributed by atoms with Gasteiger partial charge in [-0.15, -0.1) is 11.6 Å². The number of thiocarbonyl (C=S) groups is 1. The number of hydrogen-bond donors (Lipinski definition) is 1. The lowest BCUT2D eigenvalue weighted by molar-refractivity contribution is 1.24. The van der Waals surface area contributed by atoms with Crippen molar-refractivity contribution in [3.05, 3.63) is 41.5 Å². The van der Waals surface area contributed by atoms with Gasteiger partial charge in [0.25, 0.3) is 0 Å². The summed E-state index contributed by atoms with van der Waals surface area (Å²) in [6, 6.07) is 7.81. The molecule has 0 saturated carbocycles. The zero-order chi connectivity index (χ0) is 10.4. The molecule has 0 unspecified atom stereocenters. The van der Waals surface area contributed by atoms with E-state index in [1.54, 1.807) is 0 Å². The molecule has 1 rings (SSSR count). The molecule has 74 valence electrons. The van der Waals surface area contributed by atoms with Crippen LogP contribution in [0.25, 0.3) is 6.08 Å². The average molecular weight is 226 g/mol. The predicted octanol–water partition coefficient (Wildman–Crippen LogP) is 2.96. The fourth-order valence-electron chi connectivity index (χ4n) is 1.04. The highest BCUT2D eigenvalue weighted by molar-refractivity contribution is 7.80. The van der Waals surface area contributed by atoms with Gasteiger partial charge in [-0.3, -0.25) is 0 Å². The van der Waals surface area contributed by atoms with E-state index in [-0.39, 0.29) is 0 Å². The molecule has 14 heavy (non-hydrogen) atoms. The Labute approximate surface area is 94.6 Å². The maximum Gasteiger partial charge on any atom is 0.103 e. The van der Waals surface area contributed by atoms with Crippen molar-refractivity contribution < 1.29 is 0 Å². The lowest BCUT2D eigenvalue weighted by atomic mass is 10.1. The molecule has 0 radical (unpaired) electrons. The van der Waals surface area contributed by atoms with Gasteiger partial charge in [0.2, 0.25) is 0 Å². The van der Waals surface area contributed by atoms with Crippen molar-refractivity contribution in [2.24, 2.45) is 5.73 Å². The van der Waals surface area contributed by atoms with E-state index in [4.69, 9.17) is 29.6 Å². The smallest absolute Gasteiger partial charge is 0.103 e. The number of hydrogen-bond acceptors (Lipinski definition) is 1. The lowest BCUT2D eigenvalue weighted by Gasteiger charge is -1.98. The summed E-state index contributed by atoms with van der Waals surface area (Å²) in [6.07, 6.45) is 4.97. The summed E-state index contributed by atoms with van der Waals surface area (Å²) in [5, 5.41) is 0. The van der Waals surface area contributed by atoms with Crippen LogP contribution in [-0.2, 0) is 0 Å². The molecule has 0 atom stereocenters. The van der Waals surface area contributed by atoms with E-state index in [2.05, 4.69) is 0 Å². The van der Waals surface area contributed by atoms with E-state index < -0.39 is 0 Å². The Bertz CT molecular complexity index is 330. The molecule has 1 nitrogen and oxygen atoms in total. The van der Waals surface area contributed by atoms with Crippen LogP contribution in [0.15, 0.2) is 30.3 Å². The summed E-state index contributed by atoms with van der Waals surface area (Å²) in [5.74, 6) is 0.654. The molecule has 0 amide bonds. The van der Waals surface area contributed by atoms with Crippen LogP contribution in [0.4, 0.5) is 0 Å². The number of allylic oxidation sites excluding steroid dienone is 1. The van der Waals surface area contributed by atoms with Gasteiger partial charge < -0.3 is 5.73 Å². The van der Waals surface area contributed by atoms with Gasteiger partial charge in [-0.2, -0.15) is 0 Å². The second-order valence-corrected chi connectivity index (χ2v) is 3.68. The Morgan fingerprint density at radius 1 is 1.36 bits per heavy atom. The number of halogens is 1. The fourth-order valence-corrected chi connectivity index (χ4v) is 1.30. The van der Waals surface area contributed by atoms with Crippen molar-refractivity contribution in [2.45, 2.75) is 6.42 Å². The molecular formula is C11H12ClNS. The molecule has 0 aromatic heterocycles. The van der Waals surface area contributed by atoms with Crippen molar-refractivity contribution in [1.29, 1.82) is 0 Å². The quantitative estimate of drug-likeness (QED) is 0.630. The maximum atomic E-state index is 5.55. The third-order valence-electron chi connectivity index (χ3n) is 1.78. The Kier molecular flexibility index (Phi) is 4.63. The molecular weight excluding hydrogens is 214 g/mol. The zero-order valence-electron chi connectivity index (χ0n) is 7.74. The number of benzene rings is 1. The van der Waals surface area contributed by atoms with Crippen LogP contribution in [-0.4, -0.2) is 10.9 Å². The summed E-state index contributed by atoms with van der Waals surface area (Å²) in [4.78, 5) is 0.432. The van der Waals surface area contributed by atoms with Crippen molar-refractivity contribution >= 4 is 34.9 Å². The Balaban J connectivity index is 2.68. The molecule has 0 aliphatic rings. The monoisotopic (exact) mass is 225 g/mol. The highest BCUT2D eigenvalue weighted by Gasteiger charge is 1.93. The standard InChI is InChI=1S/C11H12ClNS/c12-8-2-1-3-9-4-6-10(7-5-9)11(13)14/h1,3-7H,2,8H2,(H2,13,14). The van der Waals surface area contributed by atoms with Gasteiger partial charge >= 0.3 is 0 Å². The molecule has 0 heterocycles. The first-order chi connectivity index (χ1) is 6.74. The summed E-state index contributed by atoms with van der Waals surface area (Å²) in [7, 11) is 0. The van der Waals surface area contributed by atoms with Crippen molar-refractivity contribution in [3.8, 4) is 0 Å². The van der Waals surface area contributed by atoms with E-state index in [0.29, 0.717) is 10.9 Å². The van der Waals surface area contributed by atoms with Crippen LogP contribution in [0.3, 0.4) is 0 Å². The highest BCUT2D eigenvalue weighted by atomic mass is 35.5. The Morgan fingerprint density at radius 3 is 2.50 bits per heavy atom. The second-order valence-electron chi connectivity index (χ2n) is 2.87. The molecule has 0 fully saturated rings. The molecule has 0 aliphatic heterocycles. The minimum atomic E-state index is 0.432. The van der Waals surface area contributed by atoms with E-state index in [0.717, 1.165) is 17.5 Å². The third kappa shape index (κ3) is 3.48. The van der Waals surface area contributed by atoms with Gasteiger partial charge in [0.1, 0.15) is 4.99 Å². The lowest BCUT2D eigenvalue weighted by Crippen LogP contribution is -2.08. The minimum Gasteiger partial charge on any atom is -0.389 e. The zero-order valence-corrected chi connectivity index (χ0v) is 9.31. The van der Waals surface area contributed by atoms with Crippen LogP contribution >= 0.6 is 23.8 Å². The Morgan fingerprint density at radius 2 is 2.00 bits per heavy atom.